The minimum absolute atomic E-state index is 0.433. The number of anilines is 1. The van der Waals surface area contributed by atoms with Gasteiger partial charge in [-0.25, -0.2) is 4.98 Å². The van der Waals surface area contributed by atoms with E-state index in [1.807, 2.05) is 0 Å². The van der Waals surface area contributed by atoms with E-state index in [1.54, 1.807) is 36.4 Å². The molecule has 5 heteroatoms. The largest absolute Gasteiger partial charge is 0.436 e. The molecule has 0 fully saturated rings. The summed E-state index contributed by atoms with van der Waals surface area (Å²) in [6.45, 7) is 0. The van der Waals surface area contributed by atoms with Crippen molar-refractivity contribution < 1.29 is 4.42 Å². The SMILES string of the molecule is Nc1ccc2oc(-c3cc(Cl)ccc3Cl)nc2c1. The smallest absolute Gasteiger partial charge is 0.228 e. The van der Waals surface area contributed by atoms with Crippen molar-refractivity contribution in [1.82, 2.24) is 4.98 Å². The molecule has 0 aliphatic heterocycles. The molecule has 0 atom stereocenters. The van der Waals surface area contributed by atoms with Gasteiger partial charge in [0, 0.05) is 10.7 Å². The Morgan fingerprint density at radius 3 is 2.72 bits per heavy atom. The minimum Gasteiger partial charge on any atom is -0.436 e. The molecule has 3 rings (SSSR count). The van der Waals surface area contributed by atoms with Gasteiger partial charge in [0.25, 0.3) is 0 Å². The molecule has 0 amide bonds. The molecule has 2 aromatic carbocycles. The van der Waals surface area contributed by atoms with Crippen LogP contribution in [0.25, 0.3) is 22.6 Å². The summed E-state index contributed by atoms with van der Waals surface area (Å²) in [6.07, 6.45) is 0. The second-order valence-electron chi connectivity index (χ2n) is 3.87. The van der Waals surface area contributed by atoms with E-state index < -0.39 is 0 Å². The van der Waals surface area contributed by atoms with Crippen molar-refractivity contribution in [1.29, 1.82) is 0 Å². The number of hydrogen-bond acceptors (Lipinski definition) is 3. The van der Waals surface area contributed by atoms with Crippen molar-refractivity contribution in [2.24, 2.45) is 0 Å². The van der Waals surface area contributed by atoms with E-state index in [-0.39, 0.29) is 0 Å². The van der Waals surface area contributed by atoms with Gasteiger partial charge in [-0.15, -0.1) is 0 Å². The summed E-state index contributed by atoms with van der Waals surface area (Å²) in [5, 5.41) is 1.12. The van der Waals surface area contributed by atoms with Crippen LogP contribution in [0.3, 0.4) is 0 Å². The molecule has 0 aliphatic carbocycles. The Kier molecular flexibility index (Phi) is 2.65. The number of rotatable bonds is 1. The minimum atomic E-state index is 0.433. The van der Waals surface area contributed by atoms with Gasteiger partial charge in [-0.1, -0.05) is 23.2 Å². The Morgan fingerprint density at radius 1 is 1.06 bits per heavy atom. The maximum Gasteiger partial charge on any atom is 0.228 e. The molecule has 0 spiro atoms. The Bertz CT molecular complexity index is 737. The van der Waals surface area contributed by atoms with Gasteiger partial charge in [-0.2, -0.15) is 0 Å². The van der Waals surface area contributed by atoms with Crippen molar-refractivity contribution in [3.05, 3.63) is 46.4 Å². The highest BCUT2D eigenvalue weighted by Gasteiger charge is 2.12. The average Bonchev–Trinajstić information content (AvgIpc) is 2.74. The lowest BCUT2D eigenvalue weighted by Gasteiger charge is -1.99. The van der Waals surface area contributed by atoms with Crippen molar-refractivity contribution >= 4 is 40.0 Å². The standard InChI is InChI=1S/C13H8Cl2N2O/c14-7-1-3-10(15)9(5-7)13-17-11-6-8(16)2-4-12(11)18-13/h1-6H,16H2. The summed E-state index contributed by atoms with van der Waals surface area (Å²) < 4.78 is 5.64. The van der Waals surface area contributed by atoms with Gasteiger partial charge < -0.3 is 10.2 Å². The zero-order valence-corrected chi connectivity index (χ0v) is 10.7. The van der Waals surface area contributed by atoms with Gasteiger partial charge in [-0.3, -0.25) is 0 Å². The van der Waals surface area contributed by atoms with Crippen LogP contribution in [0.2, 0.25) is 10.0 Å². The number of fused-ring (bicyclic) bond motifs is 1. The van der Waals surface area contributed by atoms with E-state index in [1.165, 1.54) is 0 Å². The van der Waals surface area contributed by atoms with Crippen LogP contribution in [-0.4, -0.2) is 4.98 Å². The number of halogens is 2. The molecule has 0 saturated carbocycles. The topological polar surface area (TPSA) is 52.0 Å². The first-order valence-electron chi connectivity index (χ1n) is 5.25. The van der Waals surface area contributed by atoms with E-state index in [0.717, 1.165) is 0 Å². The van der Waals surface area contributed by atoms with E-state index in [2.05, 4.69) is 4.98 Å². The van der Waals surface area contributed by atoms with Crippen LogP contribution < -0.4 is 5.73 Å². The summed E-state index contributed by atoms with van der Waals surface area (Å²) >= 11 is 12.0. The molecule has 0 radical (unpaired) electrons. The number of nitrogens with two attached hydrogens (primary N) is 1. The normalized spacial score (nSPS) is 11.0. The van der Waals surface area contributed by atoms with Gasteiger partial charge in [0.05, 0.1) is 10.6 Å². The van der Waals surface area contributed by atoms with E-state index >= 15 is 0 Å². The molecule has 0 saturated heterocycles. The fourth-order valence-corrected chi connectivity index (χ4v) is 2.09. The molecule has 2 N–H and O–H groups in total. The second kappa shape index (κ2) is 4.19. The number of oxazole rings is 1. The highest BCUT2D eigenvalue weighted by Crippen LogP contribution is 2.32. The Morgan fingerprint density at radius 2 is 1.89 bits per heavy atom. The summed E-state index contributed by atoms with van der Waals surface area (Å²) in [7, 11) is 0. The monoisotopic (exact) mass is 278 g/mol. The van der Waals surface area contributed by atoms with Crippen LogP contribution in [0.5, 0.6) is 0 Å². The van der Waals surface area contributed by atoms with Crippen LogP contribution in [0.15, 0.2) is 40.8 Å². The lowest BCUT2D eigenvalue weighted by molar-refractivity contribution is 0.620. The van der Waals surface area contributed by atoms with Gasteiger partial charge in [0.2, 0.25) is 5.89 Å². The number of nitrogens with zero attached hydrogens (tertiary/aromatic N) is 1. The zero-order chi connectivity index (χ0) is 12.7. The number of nitrogen functional groups attached to an aromatic ring is 1. The van der Waals surface area contributed by atoms with Crippen LogP contribution >= 0.6 is 23.2 Å². The molecule has 1 aromatic heterocycles. The van der Waals surface area contributed by atoms with Crippen molar-refractivity contribution in [3.8, 4) is 11.5 Å². The summed E-state index contributed by atoms with van der Waals surface area (Å²) in [5.41, 5.74) is 8.36. The molecule has 3 aromatic rings. The van der Waals surface area contributed by atoms with Gasteiger partial charge in [-0.05, 0) is 36.4 Å². The molecule has 1 heterocycles. The first-order valence-corrected chi connectivity index (χ1v) is 6.00. The number of aromatic nitrogens is 1. The predicted molar refractivity (Wildman–Crippen MR) is 73.9 cm³/mol. The van der Waals surface area contributed by atoms with E-state index in [0.29, 0.717) is 38.3 Å². The highest BCUT2D eigenvalue weighted by molar-refractivity contribution is 6.35. The highest BCUT2D eigenvalue weighted by atomic mass is 35.5. The van der Waals surface area contributed by atoms with Crippen molar-refractivity contribution in [2.45, 2.75) is 0 Å². The molecule has 0 bridgehead atoms. The summed E-state index contributed by atoms with van der Waals surface area (Å²) in [6, 6.07) is 10.4. The number of hydrogen-bond donors (Lipinski definition) is 1. The lowest BCUT2D eigenvalue weighted by atomic mass is 10.2. The molecule has 90 valence electrons. The van der Waals surface area contributed by atoms with Gasteiger partial charge >= 0.3 is 0 Å². The first kappa shape index (κ1) is 11.4. The van der Waals surface area contributed by atoms with Crippen molar-refractivity contribution in [3.63, 3.8) is 0 Å². The average molecular weight is 279 g/mol. The van der Waals surface area contributed by atoms with Crippen LogP contribution in [-0.2, 0) is 0 Å². The third kappa shape index (κ3) is 1.92. The quantitative estimate of drug-likeness (QED) is 0.672. The third-order valence-electron chi connectivity index (χ3n) is 2.57. The molecule has 3 nitrogen and oxygen atoms in total. The maximum absolute atomic E-state index is 6.11. The summed E-state index contributed by atoms with van der Waals surface area (Å²) in [5.74, 6) is 0.433. The Labute approximate surface area is 113 Å². The molecule has 0 unspecified atom stereocenters. The summed E-state index contributed by atoms with van der Waals surface area (Å²) in [4.78, 5) is 4.36. The maximum atomic E-state index is 6.11. The Balaban J connectivity index is 2.22. The molecule has 18 heavy (non-hydrogen) atoms. The fourth-order valence-electron chi connectivity index (χ4n) is 1.72. The van der Waals surface area contributed by atoms with Crippen LogP contribution in [0.4, 0.5) is 5.69 Å². The first-order chi connectivity index (χ1) is 8.63. The Hall–Kier alpha value is -1.71. The second-order valence-corrected chi connectivity index (χ2v) is 4.71. The van der Waals surface area contributed by atoms with E-state index in [4.69, 9.17) is 33.4 Å². The van der Waals surface area contributed by atoms with Crippen LogP contribution in [0.1, 0.15) is 0 Å². The van der Waals surface area contributed by atoms with Crippen molar-refractivity contribution in [2.75, 3.05) is 5.73 Å². The van der Waals surface area contributed by atoms with Crippen LogP contribution in [0, 0.1) is 0 Å². The van der Waals surface area contributed by atoms with E-state index in [9.17, 15) is 0 Å². The third-order valence-corrected chi connectivity index (χ3v) is 3.14. The van der Waals surface area contributed by atoms with Gasteiger partial charge in [0.15, 0.2) is 5.58 Å². The zero-order valence-electron chi connectivity index (χ0n) is 9.15. The predicted octanol–water partition coefficient (Wildman–Crippen LogP) is 4.38. The molecular formula is C13H8Cl2N2O. The van der Waals surface area contributed by atoms with Gasteiger partial charge in [0.1, 0.15) is 5.52 Å². The molecule has 0 aliphatic rings. The number of benzene rings is 2. The lowest BCUT2D eigenvalue weighted by Crippen LogP contribution is -1.82. The molecular weight excluding hydrogens is 271 g/mol. The fraction of sp³-hybridized carbons (Fsp3) is 0.